The summed E-state index contributed by atoms with van der Waals surface area (Å²) in [5.41, 5.74) is 0. The summed E-state index contributed by atoms with van der Waals surface area (Å²) in [6.07, 6.45) is 7.22. The lowest BCUT2D eigenvalue weighted by Crippen LogP contribution is -2.47. The van der Waals surface area contributed by atoms with Crippen LogP contribution >= 0.6 is 11.3 Å². The minimum absolute atomic E-state index is 0.0464. The quantitative estimate of drug-likeness (QED) is 0.832. The summed E-state index contributed by atoms with van der Waals surface area (Å²) in [4.78, 5) is 19.8. The molecule has 1 amide bonds. The molecular formula is C16H22N4O2S. The highest BCUT2D eigenvalue weighted by Crippen LogP contribution is 2.43. The Bertz CT molecular complexity index is 597. The van der Waals surface area contributed by atoms with Crippen molar-refractivity contribution in [2.75, 3.05) is 25.2 Å². The molecule has 3 atom stereocenters. The highest BCUT2D eigenvalue weighted by Gasteiger charge is 2.46. The predicted octanol–water partition coefficient (Wildman–Crippen LogP) is 1.91. The fourth-order valence-corrected chi connectivity index (χ4v) is 4.62. The maximum Gasteiger partial charge on any atom is 0.242 e. The molecule has 0 aromatic carbocycles. The molecule has 3 rings (SSSR count). The van der Waals surface area contributed by atoms with Gasteiger partial charge in [-0.3, -0.25) is 4.79 Å². The van der Waals surface area contributed by atoms with Gasteiger partial charge in [-0.15, -0.1) is 0 Å². The fourth-order valence-electron chi connectivity index (χ4n) is 3.80. The van der Waals surface area contributed by atoms with Gasteiger partial charge in [0.1, 0.15) is 17.0 Å². The van der Waals surface area contributed by atoms with Crippen molar-refractivity contribution in [3.05, 3.63) is 11.1 Å². The molecule has 1 aliphatic heterocycles. The highest BCUT2D eigenvalue weighted by molar-refractivity contribution is 7.16. The zero-order valence-electron chi connectivity index (χ0n) is 13.3. The topological polar surface area (TPSA) is 78.2 Å². The lowest BCUT2D eigenvalue weighted by Gasteiger charge is -2.33. The van der Waals surface area contributed by atoms with Gasteiger partial charge in [0.05, 0.1) is 12.8 Å². The van der Waals surface area contributed by atoms with E-state index in [1.54, 1.807) is 13.3 Å². The van der Waals surface area contributed by atoms with E-state index >= 15 is 0 Å². The third kappa shape index (κ3) is 3.33. The van der Waals surface area contributed by atoms with Crippen molar-refractivity contribution in [1.29, 1.82) is 5.26 Å². The van der Waals surface area contributed by atoms with Gasteiger partial charge in [-0.1, -0.05) is 24.2 Å². The second-order valence-corrected chi connectivity index (χ2v) is 7.18. The number of amides is 1. The van der Waals surface area contributed by atoms with Crippen LogP contribution in [0.1, 0.15) is 37.0 Å². The van der Waals surface area contributed by atoms with Gasteiger partial charge in [-0.25, -0.2) is 4.98 Å². The van der Waals surface area contributed by atoms with Crippen LogP contribution in [0.3, 0.4) is 0 Å². The second kappa shape index (κ2) is 7.28. The molecule has 23 heavy (non-hydrogen) atoms. The van der Waals surface area contributed by atoms with Gasteiger partial charge in [0.25, 0.3) is 0 Å². The van der Waals surface area contributed by atoms with E-state index in [0.29, 0.717) is 30.0 Å². The standard InChI is InChI=1S/C16H22N4O2S/c1-22-7-6-18-15(21)14-8-11-4-2-3-5-13(11)20(14)16-19-10-12(9-17)23-16/h10-11,13-14H,2-8H2,1H3,(H,18,21)/t11-,13-,14-/m0/s1. The average Bonchev–Trinajstić information content (AvgIpc) is 3.18. The van der Waals surface area contributed by atoms with Crippen molar-refractivity contribution in [3.63, 3.8) is 0 Å². The van der Waals surface area contributed by atoms with Gasteiger partial charge in [0.15, 0.2) is 5.13 Å². The second-order valence-electron chi connectivity index (χ2n) is 6.17. The van der Waals surface area contributed by atoms with E-state index in [1.165, 1.54) is 30.6 Å². The number of fused-ring (bicyclic) bond motifs is 1. The number of carbonyl (C=O) groups excluding carboxylic acids is 1. The van der Waals surface area contributed by atoms with Crippen LogP contribution in [0.4, 0.5) is 5.13 Å². The van der Waals surface area contributed by atoms with Crippen molar-refractivity contribution in [1.82, 2.24) is 10.3 Å². The van der Waals surface area contributed by atoms with Crippen LogP contribution < -0.4 is 10.2 Å². The summed E-state index contributed by atoms with van der Waals surface area (Å²) in [5, 5.41) is 12.8. The number of methoxy groups -OCH3 is 1. The molecular weight excluding hydrogens is 312 g/mol. The number of hydrogen-bond donors (Lipinski definition) is 1. The molecule has 0 bridgehead atoms. The van der Waals surface area contributed by atoms with E-state index in [1.807, 2.05) is 0 Å². The Morgan fingerprint density at radius 3 is 3.13 bits per heavy atom. The molecule has 1 aliphatic carbocycles. The molecule has 1 N–H and O–H groups in total. The Morgan fingerprint density at radius 2 is 2.39 bits per heavy atom. The predicted molar refractivity (Wildman–Crippen MR) is 88.3 cm³/mol. The van der Waals surface area contributed by atoms with E-state index in [0.717, 1.165) is 18.0 Å². The maximum absolute atomic E-state index is 12.6. The molecule has 124 valence electrons. The Balaban J connectivity index is 1.80. The summed E-state index contributed by atoms with van der Waals surface area (Å²) in [5.74, 6) is 0.599. The van der Waals surface area contributed by atoms with Crippen LogP contribution in [-0.4, -0.2) is 43.2 Å². The van der Waals surface area contributed by atoms with Crippen molar-refractivity contribution >= 4 is 22.4 Å². The number of nitrogens with zero attached hydrogens (tertiary/aromatic N) is 3. The van der Waals surface area contributed by atoms with Crippen LogP contribution in [0.15, 0.2) is 6.20 Å². The number of aromatic nitrogens is 1. The van der Waals surface area contributed by atoms with Gasteiger partial charge < -0.3 is 15.0 Å². The molecule has 0 radical (unpaired) electrons. The zero-order chi connectivity index (χ0) is 16.2. The molecule has 0 spiro atoms. The summed E-state index contributed by atoms with van der Waals surface area (Å²) in [6, 6.07) is 2.33. The molecule has 7 heteroatoms. The first-order chi connectivity index (χ1) is 11.2. The van der Waals surface area contributed by atoms with Crippen molar-refractivity contribution in [2.45, 2.75) is 44.2 Å². The van der Waals surface area contributed by atoms with Crippen LogP contribution in [-0.2, 0) is 9.53 Å². The van der Waals surface area contributed by atoms with Gasteiger partial charge >= 0.3 is 0 Å². The minimum Gasteiger partial charge on any atom is -0.383 e. The van der Waals surface area contributed by atoms with E-state index in [4.69, 9.17) is 10.00 Å². The lowest BCUT2D eigenvalue weighted by atomic mass is 9.85. The van der Waals surface area contributed by atoms with Gasteiger partial charge in [-0.05, 0) is 25.2 Å². The smallest absolute Gasteiger partial charge is 0.242 e. The molecule has 1 aromatic heterocycles. The Labute approximate surface area is 140 Å². The number of anilines is 1. The molecule has 0 unspecified atom stereocenters. The van der Waals surface area contributed by atoms with Gasteiger partial charge in [0.2, 0.25) is 5.91 Å². The molecule has 2 heterocycles. The summed E-state index contributed by atoms with van der Waals surface area (Å²) < 4.78 is 5.00. The van der Waals surface area contributed by atoms with E-state index in [9.17, 15) is 4.79 Å². The first-order valence-corrected chi connectivity index (χ1v) is 8.97. The number of rotatable bonds is 5. The number of nitrogens with one attached hydrogen (secondary N) is 1. The maximum atomic E-state index is 12.6. The molecule has 1 saturated carbocycles. The molecule has 2 fully saturated rings. The molecule has 1 aromatic rings. The molecule has 2 aliphatic rings. The number of thiazole rings is 1. The largest absolute Gasteiger partial charge is 0.383 e. The number of nitriles is 1. The lowest BCUT2D eigenvalue weighted by molar-refractivity contribution is -0.122. The monoisotopic (exact) mass is 334 g/mol. The summed E-state index contributed by atoms with van der Waals surface area (Å²) >= 11 is 1.38. The normalized spacial score (nSPS) is 26.6. The summed E-state index contributed by atoms with van der Waals surface area (Å²) in [7, 11) is 1.63. The van der Waals surface area contributed by atoms with Gasteiger partial charge in [-0.2, -0.15) is 5.26 Å². The first kappa shape index (κ1) is 16.2. The van der Waals surface area contributed by atoms with Crippen LogP contribution in [0.2, 0.25) is 0 Å². The van der Waals surface area contributed by atoms with Crippen LogP contribution in [0.25, 0.3) is 0 Å². The van der Waals surface area contributed by atoms with Crippen LogP contribution in [0, 0.1) is 17.2 Å². The van der Waals surface area contributed by atoms with E-state index in [2.05, 4.69) is 21.3 Å². The first-order valence-electron chi connectivity index (χ1n) is 8.15. The van der Waals surface area contributed by atoms with Crippen molar-refractivity contribution in [3.8, 4) is 6.07 Å². The Morgan fingerprint density at radius 1 is 1.57 bits per heavy atom. The highest BCUT2D eigenvalue weighted by atomic mass is 32.1. The number of ether oxygens (including phenoxy) is 1. The summed E-state index contributed by atoms with van der Waals surface area (Å²) in [6.45, 7) is 1.04. The molecule has 1 saturated heterocycles. The third-order valence-corrected chi connectivity index (χ3v) is 5.74. The minimum atomic E-state index is -0.183. The Hall–Kier alpha value is -1.65. The SMILES string of the molecule is COCCNC(=O)[C@@H]1C[C@@H]2CCCC[C@@H]2N1c1ncc(C#N)s1. The number of hydrogen-bond acceptors (Lipinski definition) is 6. The van der Waals surface area contributed by atoms with Crippen LogP contribution in [0.5, 0.6) is 0 Å². The Kier molecular flexibility index (Phi) is 5.13. The average molecular weight is 334 g/mol. The van der Waals surface area contributed by atoms with E-state index < -0.39 is 0 Å². The number of carbonyl (C=O) groups is 1. The van der Waals surface area contributed by atoms with Crippen molar-refractivity contribution < 1.29 is 9.53 Å². The van der Waals surface area contributed by atoms with E-state index in [-0.39, 0.29) is 11.9 Å². The van der Waals surface area contributed by atoms with Crippen molar-refractivity contribution in [2.24, 2.45) is 5.92 Å². The zero-order valence-corrected chi connectivity index (χ0v) is 14.1. The molecule has 6 nitrogen and oxygen atoms in total. The third-order valence-electron chi connectivity index (χ3n) is 4.82. The van der Waals surface area contributed by atoms with Gasteiger partial charge in [0, 0.05) is 19.7 Å². The fraction of sp³-hybridized carbons (Fsp3) is 0.688.